The van der Waals surface area contributed by atoms with Gasteiger partial charge in [-0.2, -0.15) is 5.10 Å². The number of hydrogen-bond donors (Lipinski definition) is 0. The van der Waals surface area contributed by atoms with E-state index in [1.807, 2.05) is 37.6 Å². The van der Waals surface area contributed by atoms with Gasteiger partial charge in [0.15, 0.2) is 5.78 Å². The Morgan fingerprint density at radius 3 is 2.69 bits per heavy atom. The van der Waals surface area contributed by atoms with Crippen LogP contribution in [0.4, 0.5) is 0 Å². The maximum Gasteiger partial charge on any atom is 0.186 e. The SMILES string of the molecule is Cc1cc(C(=O)Cn2cccn2)c(C)n1C. The van der Waals surface area contributed by atoms with Gasteiger partial charge in [0.1, 0.15) is 6.54 Å². The van der Waals surface area contributed by atoms with Crippen LogP contribution in [-0.4, -0.2) is 20.1 Å². The topological polar surface area (TPSA) is 39.8 Å². The molecule has 4 nitrogen and oxygen atoms in total. The van der Waals surface area contributed by atoms with Crippen LogP contribution in [0.2, 0.25) is 0 Å². The van der Waals surface area contributed by atoms with Crippen molar-refractivity contribution < 1.29 is 4.79 Å². The third kappa shape index (κ3) is 1.78. The first-order valence-corrected chi connectivity index (χ1v) is 5.23. The quantitative estimate of drug-likeness (QED) is 0.734. The summed E-state index contributed by atoms with van der Waals surface area (Å²) >= 11 is 0. The number of ketones is 1. The molecule has 2 heterocycles. The second kappa shape index (κ2) is 3.96. The fourth-order valence-electron chi connectivity index (χ4n) is 1.76. The van der Waals surface area contributed by atoms with Crippen LogP contribution >= 0.6 is 0 Å². The number of nitrogens with zero attached hydrogens (tertiary/aromatic N) is 3. The van der Waals surface area contributed by atoms with Gasteiger partial charge in [-0.1, -0.05) is 0 Å². The predicted molar refractivity (Wildman–Crippen MR) is 61.4 cm³/mol. The maximum atomic E-state index is 12.0. The molecule has 0 aliphatic carbocycles. The van der Waals surface area contributed by atoms with Gasteiger partial charge in [0.2, 0.25) is 0 Å². The van der Waals surface area contributed by atoms with Crippen LogP contribution in [0.3, 0.4) is 0 Å². The van der Waals surface area contributed by atoms with Gasteiger partial charge in [0, 0.05) is 36.4 Å². The van der Waals surface area contributed by atoms with Gasteiger partial charge in [-0.05, 0) is 26.0 Å². The first kappa shape index (κ1) is 10.7. The fourth-order valence-corrected chi connectivity index (χ4v) is 1.76. The molecule has 0 bridgehead atoms. The molecule has 0 spiro atoms. The van der Waals surface area contributed by atoms with Gasteiger partial charge < -0.3 is 4.57 Å². The van der Waals surface area contributed by atoms with Gasteiger partial charge in [-0.15, -0.1) is 0 Å². The van der Waals surface area contributed by atoms with Gasteiger partial charge in [0.25, 0.3) is 0 Å². The lowest BCUT2D eigenvalue weighted by Gasteiger charge is -2.02. The molecule has 0 fully saturated rings. The van der Waals surface area contributed by atoms with Crippen molar-refractivity contribution in [3.63, 3.8) is 0 Å². The lowest BCUT2D eigenvalue weighted by molar-refractivity contribution is 0.0967. The number of carbonyl (C=O) groups excluding carboxylic acids is 1. The molecule has 2 aromatic heterocycles. The van der Waals surface area contributed by atoms with Crippen LogP contribution in [0, 0.1) is 13.8 Å². The largest absolute Gasteiger partial charge is 0.351 e. The molecule has 0 saturated heterocycles. The zero-order valence-electron chi connectivity index (χ0n) is 9.77. The minimum atomic E-state index is 0.102. The molecule has 0 aliphatic rings. The Morgan fingerprint density at radius 1 is 1.44 bits per heavy atom. The van der Waals surface area contributed by atoms with E-state index in [1.165, 1.54) is 0 Å². The molecule has 16 heavy (non-hydrogen) atoms. The molecule has 0 saturated carbocycles. The third-order valence-corrected chi connectivity index (χ3v) is 2.94. The fraction of sp³-hybridized carbons (Fsp3) is 0.333. The van der Waals surface area contributed by atoms with Crippen molar-refractivity contribution in [3.8, 4) is 0 Å². The van der Waals surface area contributed by atoms with E-state index in [4.69, 9.17) is 0 Å². The van der Waals surface area contributed by atoms with E-state index in [1.54, 1.807) is 17.1 Å². The summed E-state index contributed by atoms with van der Waals surface area (Å²) in [5, 5.41) is 4.03. The summed E-state index contributed by atoms with van der Waals surface area (Å²) in [7, 11) is 1.97. The van der Waals surface area contributed by atoms with Crippen LogP contribution in [0.5, 0.6) is 0 Å². The zero-order chi connectivity index (χ0) is 11.7. The van der Waals surface area contributed by atoms with Crippen LogP contribution < -0.4 is 0 Å². The molecule has 0 unspecified atom stereocenters. The molecule has 4 heteroatoms. The Labute approximate surface area is 94.5 Å². The first-order valence-electron chi connectivity index (χ1n) is 5.23. The summed E-state index contributed by atoms with van der Waals surface area (Å²) in [4.78, 5) is 12.0. The second-order valence-electron chi connectivity index (χ2n) is 3.97. The van der Waals surface area contributed by atoms with E-state index >= 15 is 0 Å². The Hall–Kier alpha value is -1.84. The molecule has 0 aliphatic heterocycles. The summed E-state index contributed by atoms with van der Waals surface area (Å²) in [6, 6.07) is 3.75. The number of carbonyl (C=O) groups is 1. The van der Waals surface area contributed by atoms with Crippen molar-refractivity contribution in [1.29, 1.82) is 0 Å². The lowest BCUT2D eigenvalue weighted by Crippen LogP contribution is -2.11. The van der Waals surface area contributed by atoms with Gasteiger partial charge in [0.05, 0.1) is 0 Å². The highest BCUT2D eigenvalue weighted by Crippen LogP contribution is 2.14. The normalized spacial score (nSPS) is 10.7. The van der Waals surface area contributed by atoms with Crippen molar-refractivity contribution in [1.82, 2.24) is 14.3 Å². The first-order chi connectivity index (χ1) is 7.59. The summed E-state index contributed by atoms with van der Waals surface area (Å²) < 4.78 is 3.67. The Bertz CT molecular complexity index is 509. The molecule has 2 aromatic rings. The van der Waals surface area contributed by atoms with E-state index in [-0.39, 0.29) is 5.78 Å². The van der Waals surface area contributed by atoms with E-state index in [0.29, 0.717) is 6.54 Å². The molecular formula is C12H15N3O. The summed E-state index contributed by atoms with van der Waals surface area (Å²) in [5.74, 6) is 0.102. The molecular weight excluding hydrogens is 202 g/mol. The minimum Gasteiger partial charge on any atom is -0.351 e. The summed E-state index contributed by atoms with van der Waals surface area (Å²) in [5.41, 5.74) is 2.89. The van der Waals surface area contributed by atoms with Gasteiger partial charge in [-0.25, -0.2) is 0 Å². The highest BCUT2D eigenvalue weighted by Gasteiger charge is 2.14. The van der Waals surface area contributed by atoms with Crippen molar-refractivity contribution in [2.24, 2.45) is 7.05 Å². The van der Waals surface area contributed by atoms with Crippen LogP contribution in [-0.2, 0) is 13.6 Å². The summed E-state index contributed by atoms with van der Waals surface area (Å²) in [6.45, 7) is 4.26. The highest BCUT2D eigenvalue weighted by atomic mass is 16.1. The monoisotopic (exact) mass is 217 g/mol. The zero-order valence-corrected chi connectivity index (χ0v) is 9.77. The predicted octanol–water partition coefficient (Wildman–Crippen LogP) is 1.72. The van der Waals surface area contributed by atoms with Crippen molar-refractivity contribution in [3.05, 3.63) is 41.5 Å². The van der Waals surface area contributed by atoms with Gasteiger partial charge in [-0.3, -0.25) is 9.48 Å². The van der Waals surface area contributed by atoms with E-state index in [9.17, 15) is 4.79 Å². The standard InChI is InChI=1S/C12H15N3O/c1-9-7-11(10(2)14(9)3)12(16)8-15-6-4-5-13-15/h4-7H,8H2,1-3H3. The van der Waals surface area contributed by atoms with E-state index < -0.39 is 0 Å². The molecule has 0 amide bonds. The third-order valence-electron chi connectivity index (χ3n) is 2.94. The molecule has 0 atom stereocenters. The number of aryl methyl sites for hydroxylation is 1. The van der Waals surface area contributed by atoms with Crippen LogP contribution in [0.15, 0.2) is 24.5 Å². The van der Waals surface area contributed by atoms with Crippen LogP contribution in [0.25, 0.3) is 0 Å². The van der Waals surface area contributed by atoms with Crippen molar-refractivity contribution >= 4 is 5.78 Å². The minimum absolute atomic E-state index is 0.102. The van der Waals surface area contributed by atoms with Crippen molar-refractivity contribution in [2.45, 2.75) is 20.4 Å². The summed E-state index contributed by atoms with van der Waals surface area (Å²) in [6.07, 6.45) is 3.47. The number of hydrogen-bond acceptors (Lipinski definition) is 2. The molecule has 0 aromatic carbocycles. The smallest absolute Gasteiger partial charge is 0.186 e. The molecule has 0 N–H and O–H groups in total. The number of rotatable bonds is 3. The molecule has 0 radical (unpaired) electrons. The van der Waals surface area contributed by atoms with Crippen LogP contribution in [0.1, 0.15) is 21.7 Å². The Kier molecular flexibility index (Phi) is 2.64. The Morgan fingerprint density at radius 2 is 2.19 bits per heavy atom. The second-order valence-corrected chi connectivity index (χ2v) is 3.97. The lowest BCUT2D eigenvalue weighted by atomic mass is 10.1. The van der Waals surface area contributed by atoms with E-state index in [2.05, 4.69) is 5.10 Å². The average Bonchev–Trinajstić information content (AvgIpc) is 2.83. The number of aromatic nitrogens is 3. The number of Topliss-reactive ketones (excluding diaryl/α,β-unsaturated/α-hetero) is 1. The highest BCUT2D eigenvalue weighted by molar-refractivity contribution is 5.97. The van der Waals surface area contributed by atoms with Crippen molar-refractivity contribution in [2.75, 3.05) is 0 Å². The average molecular weight is 217 g/mol. The molecule has 2 rings (SSSR count). The maximum absolute atomic E-state index is 12.0. The Balaban J connectivity index is 2.24. The van der Waals surface area contributed by atoms with Gasteiger partial charge >= 0.3 is 0 Å². The van der Waals surface area contributed by atoms with E-state index in [0.717, 1.165) is 17.0 Å². The molecule has 84 valence electrons.